The zero-order chi connectivity index (χ0) is 15.7. The molecule has 0 radical (unpaired) electrons. The fourth-order valence-electron chi connectivity index (χ4n) is 2.03. The van der Waals surface area contributed by atoms with Crippen LogP contribution < -0.4 is 0 Å². The van der Waals surface area contributed by atoms with Crippen molar-refractivity contribution >= 4 is 35.6 Å². The van der Waals surface area contributed by atoms with Crippen LogP contribution in [0.2, 0.25) is 0 Å². The molecule has 0 bridgehead atoms. The van der Waals surface area contributed by atoms with Gasteiger partial charge in [-0.05, 0) is 31.9 Å². The number of carbonyl (C=O) groups excluding carboxylic acids is 1. The molecule has 0 saturated carbocycles. The lowest BCUT2D eigenvalue weighted by molar-refractivity contribution is -0.107. The fourth-order valence-corrected chi connectivity index (χ4v) is 3.34. The van der Waals surface area contributed by atoms with Crippen molar-refractivity contribution in [1.29, 1.82) is 0 Å². The molecule has 1 unspecified atom stereocenters. The monoisotopic (exact) mass is 322 g/mol. The van der Waals surface area contributed by atoms with E-state index in [-0.39, 0.29) is 5.12 Å². The standard InChI is InChI=1S/C18H26OS2/c1-4-5-6-7-17(13-20)21-18(19)15(3)12-16-10-8-14(2)9-11-16/h8-12,17,20H,4-7,13H2,1-3H3/b15-12+. The lowest BCUT2D eigenvalue weighted by Gasteiger charge is -2.12. The third kappa shape index (κ3) is 7.23. The van der Waals surface area contributed by atoms with Gasteiger partial charge in [-0.15, -0.1) is 0 Å². The van der Waals surface area contributed by atoms with Crippen LogP contribution in [0.15, 0.2) is 29.8 Å². The minimum Gasteiger partial charge on any atom is -0.282 e. The molecule has 1 nitrogen and oxygen atoms in total. The van der Waals surface area contributed by atoms with Crippen LogP contribution in [0.5, 0.6) is 0 Å². The number of rotatable bonds is 8. The third-order valence-electron chi connectivity index (χ3n) is 3.39. The van der Waals surface area contributed by atoms with Crippen molar-refractivity contribution in [3.8, 4) is 0 Å². The summed E-state index contributed by atoms with van der Waals surface area (Å²) in [4.78, 5) is 12.3. The van der Waals surface area contributed by atoms with Gasteiger partial charge in [0.15, 0.2) is 0 Å². The maximum Gasteiger partial charge on any atom is 0.215 e. The summed E-state index contributed by atoms with van der Waals surface area (Å²) in [7, 11) is 0. The van der Waals surface area contributed by atoms with Gasteiger partial charge >= 0.3 is 0 Å². The highest BCUT2D eigenvalue weighted by molar-refractivity contribution is 8.15. The molecule has 21 heavy (non-hydrogen) atoms. The minimum atomic E-state index is 0.172. The Bertz CT molecular complexity index is 463. The molecule has 0 heterocycles. The summed E-state index contributed by atoms with van der Waals surface area (Å²) in [5.74, 6) is 0.762. The minimum absolute atomic E-state index is 0.172. The highest BCUT2D eigenvalue weighted by Crippen LogP contribution is 2.24. The van der Waals surface area contributed by atoms with Crippen LogP contribution in [0.4, 0.5) is 0 Å². The summed E-state index contributed by atoms with van der Waals surface area (Å²) in [5, 5.41) is 0.500. The molecule has 0 aliphatic heterocycles. The molecule has 0 aromatic heterocycles. The number of thiol groups is 1. The van der Waals surface area contributed by atoms with Gasteiger partial charge in [0, 0.05) is 16.6 Å². The van der Waals surface area contributed by atoms with Crippen molar-refractivity contribution in [3.63, 3.8) is 0 Å². The van der Waals surface area contributed by atoms with Crippen molar-refractivity contribution in [2.75, 3.05) is 5.75 Å². The molecule has 0 fully saturated rings. The molecular weight excluding hydrogens is 296 g/mol. The largest absolute Gasteiger partial charge is 0.282 e. The molecule has 116 valence electrons. The smallest absolute Gasteiger partial charge is 0.215 e. The van der Waals surface area contributed by atoms with Crippen molar-refractivity contribution < 1.29 is 4.79 Å². The highest BCUT2D eigenvalue weighted by atomic mass is 32.2. The summed E-state index contributed by atoms with van der Waals surface area (Å²) in [6.45, 7) is 6.16. The Hall–Kier alpha value is -0.670. The normalized spacial score (nSPS) is 13.2. The van der Waals surface area contributed by atoms with Crippen molar-refractivity contribution in [2.45, 2.75) is 51.7 Å². The first kappa shape index (κ1) is 18.4. The average molecular weight is 323 g/mol. The molecule has 0 amide bonds. The Morgan fingerprint density at radius 2 is 1.95 bits per heavy atom. The van der Waals surface area contributed by atoms with Crippen LogP contribution in [-0.2, 0) is 4.79 Å². The Morgan fingerprint density at radius 1 is 1.29 bits per heavy atom. The zero-order valence-electron chi connectivity index (χ0n) is 13.3. The van der Waals surface area contributed by atoms with E-state index in [1.165, 1.54) is 36.6 Å². The molecule has 3 heteroatoms. The van der Waals surface area contributed by atoms with Crippen molar-refractivity contribution in [1.82, 2.24) is 0 Å². The van der Waals surface area contributed by atoms with Gasteiger partial charge in [-0.3, -0.25) is 4.79 Å². The van der Waals surface area contributed by atoms with Gasteiger partial charge in [-0.1, -0.05) is 67.8 Å². The summed E-state index contributed by atoms with van der Waals surface area (Å²) in [6.07, 6.45) is 6.67. The molecule has 0 spiro atoms. The van der Waals surface area contributed by atoms with Crippen LogP contribution in [0.25, 0.3) is 6.08 Å². The van der Waals surface area contributed by atoms with Crippen molar-refractivity contribution in [3.05, 3.63) is 41.0 Å². The molecule has 1 rings (SSSR count). The first-order valence-corrected chi connectivity index (χ1v) is 9.14. The second-order valence-corrected chi connectivity index (χ2v) is 7.08. The fraction of sp³-hybridized carbons (Fsp3) is 0.500. The SMILES string of the molecule is CCCCCC(CS)SC(=O)/C(C)=C/c1ccc(C)cc1. The number of thioether (sulfide) groups is 1. The maximum absolute atomic E-state index is 12.3. The predicted molar refractivity (Wildman–Crippen MR) is 99.2 cm³/mol. The van der Waals surface area contributed by atoms with Gasteiger partial charge in [-0.2, -0.15) is 12.6 Å². The van der Waals surface area contributed by atoms with Crippen LogP contribution in [-0.4, -0.2) is 16.1 Å². The molecule has 1 aromatic carbocycles. The van der Waals surface area contributed by atoms with Gasteiger partial charge in [0.1, 0.15) is 0 Å². The van der Waals surface area contributed by atoms with Gasteiger partial charge < -0.3 is 0 Å². The molecule has 0 aliphatic carbocycles. The van der Waals surface area contributed by atoms with Crippen LogP contribution >= 0.6 is 24.4 Å². The maximum atomic E-state index is 12.3. The second-order valence-electron chi connectivity index (χ2n) is 5.44. The van der Waals surface area contributed by atoms with Crippen LogP contribution in [0, 0.1) is 6.92 Å². The number of benzene rings is 1. The lowest BCUT2D eigenvalue weighted by Crippen LogP contribution is -2.09. The molecule has 0 saturated heterocycles. The van der Waals surface area contributed by atoms with Gasteiger partial charge in [-0.25, -0.2) is 0 Å². The summed E-state index contributed by atoms with van der Waals surface area (Å²) < 4.78 is 0. The second kappa shape index (κ2) is 10.1. The molecule has 0 aliphatic rings. The molecule has 1 atom stereocenters. The topological polar surface area (TPSA) is 17.1 Å². The molecule has 1 aromatic rings. The lowest BCUT2D eigenvalue weighted by atomic mass is 10.1. The Labute approximate surface area is 139 Å². The summed E-state index contributed by atoms with van der Waals surface area (Å²) in [6, 6.07) is 8.23. The molecule has 0 N–H and O–H groups in total. The molecular formula is C18H26OS2. The van der Waals surface area contributed by atoms with Gasteiger partial charge in [0.2, 0.25) is 5.12 Å². The average Bonchev–Trinajstić information content (AvgIpc) is 2.48. The first-order chi connectivity index (χ1) is 10.1. The first-order valence-electron chi connectivity index (χ1n) is 7.63. The zero-order valence-corrected chi connectivity index (χ0v) is 15.0. The van der Waals surface area contributed by atoms with Crippen LogP contribution in [0.3, 0.4) is 0 Å². The Morgan fingerprint density at radius 3 is 2.52 bits per heavy atom. The van der Waals surface area contributed by atoms with Gasteiger partial charge in [0.05, 0.1) is 0 Å². The van der Waals surface area contributed by atoms with E-state index in [2.05, 4.69) is 38.6 Å². The van der Waals surface area contributed by atoms with Crippen molar-refractivity contribution in [2.24, 2.45) is 0 Å². The van der Waals surface area contributed by atoms with E-state index in [1.54, 1.807) is 0 Å². The number of hydrogen-bond acceptors (Lipinski definition) is 3. The predicted octanol–water partition coefficient (Wildman–Crippen LogP) is 5.54. The third-order valence-corrected chi connectivity index (χ3v) is 5.35. The van der Waals surface area contributed by atoms with Crippen LogP contribution in [0.1, 0.15) is 50.7 Å². The number of unbranched alkanes of at least 4 members (excludes halogenated alkanes) is 2. The van der Waals surface area contributed by atoms with E-state index in [1.807, 2.05) is 25.1 Å². The summed E-state index contributed by atoms with van der Waals surface area (Å²) >= 11 is 5.82. The van der Waals surface area contributed by atoms with E-state index >= 15 is 0 Å². The van der Waals surface area contributed by atoms with E-state index < -0.39 is 0 Å². The number of carbonyl (C=O) groups is 1. The van der Waals surface area contributed by atoms with E-state index in [9.17, 15) is 4.79 Å². The Kier molecular flexibility index (Phi) is 8.86. The van der Waals surface area contributed by atoms with E-state index in [4.69, 9.17) is 0 Å². The van der Waals surface area contributed by atoms with E-state index in [0.29, 0.717) is 5.25 Å². The summed E-state index contributed by atoms with van der Waals surface area (Å²) in [5.41, 5.74) is 3.13. The quantitative estimate of drug-likeness (QED) is 0.385. The highest BCUT2D eigenvalue weighted by Gasteiger charge is 2.14. The van der Waals surface area contributed by atoms with E-state index in [0.717, 1.165) is 23.3 Å². The van der Waals surface area contributed by atoms with Gasteiger partial charge in [0.25, 0.3) is 0 Å². The Balaban J connectivity index is 2.58. The number of aryl methyl sites for hydroxylation is 1. The number of hydrogen-bond donors (Lipinski definition) is 1.